The molecule has 0 amide bonds. The lowest BCUT2D eigenvalue weighted by Crippen LogP contribution is -2.36. The molecule has 0 spiro atoms. The summed E-state index contributed by atoms with van der Waals surface area (Å²) < 4.78 is 12.4. The Morgan fingerprint density at radius 2 is 1.97 bits per heavy atom. The number of nitrogens with zero attached hydrogens (tertiary/aromatic N) is 1. The number of furan rings is 1. The number of ether oxygens (including phenoxy) is 1. The van der Waals surface area contributed by atoms with Crippen LogP contribution in [0.4, 0.5) is 0 Å². The van der Waals surface area contributed by atoms with Crippen LogP contribution in [0.2, 0.25) is 0 Å². The fourth-order valence-corrected chi connectivity index (χ4v) is 5.10. The molecule has 0 N–H and O–H groups in total. The Kier molecular flexibility index (Phi) is 4.72. The van der Waals surface area contributed by atoms with Crippen molar-refractivity contribution in [3.63, 3.8) is 0 Å². The third-order valence-corrected chi connectivity index (χ3v) is 6.79. The highest BCUT2D eigenvalue weighted by molar-refractivity contribution is 6.20. The number of hydrogen-bond donors (Lipinski definition) is 0. The summed E-state index contributed by atoms with van der Waals surface area (Å²) in [6, 6.07) is 7.84. The molecule has 0 radical (unpaired) electrons. The van der Waals surface area contributed by atoms with Gasteiger partial charge in [-0.25, -0.2) is 0 Å². The molecule has 1 atom stereocenters. The smallest absolute Gasteiger partial charge is 0.197 e. The minimum absolute atomic E-state index is 0.0246. The number of carbonyl (C=O) groups is 1. The number of benzene rings is 1. The number of para-hydroxylation sites is 1. The van der Waals surface area contributed by atoms with Gasteiger partial charge in [-0.2, -0.15) is 0 Å². The predicted molar refractivity (Wildman–Crippen MR) is 114 cm³/mol. The Bertz CT molecular complexity index is 1000. The minimum Gasteiger partial charge on any atom is -0.459 e. The third kappa shape index (κ3) is 3.19. The van der Waals surface area contributed by atoms with Crippen LogP contribution < -0.4 is 0 Å². The highest BCUT2D eigenvalue weighted by Crippen LogP contribution is 2.48. The lowest BCUT2D eigenvalue weighted by molar-refractivity contribution is 0.0574. The van der Waals surface area contributed by atoms with Gasteiger partial charge in [-0.05, 0) is 51.4 Å². The molecular formula is C25H29NO3. The zero-order valence-corrected chi connectivity index (χ0v) is 17.4. The number of rotatable bonds is 4. The summed E-state index contributed by atoms with van der Waals surface area (Å²) in [7, 11) is 0. The molecule has 5 rings (SSSR count). The summed E-state index contributed by atoms with van der Waals surface area (Å²) in [5.41, 5.74) is 3.16. The topological polar surface area (TPSA) is 42.7 Å². The van der Waals surface area contributed by atoms with Crippen LogP contribution >= 0.6 is 0 Å². The molecule has 2 aliphatic carbocycles. The van der Waals surface area contributed by atoms with E-state index in [1.165, 1.54) is 32.4 Å². The van der Waals surface area contributed by atoms with E-state index in [4.69, 9.17) is 9.15 Å². The molecule has 1 saturated heterocycles. The molecule has 3 aliphatic rings. The molecule has 0 saturated carbocycles. The molecule has 1 unspecified atom stereocenters. The number of fused-ring (bicyclic) bond motifs is 3. The molecule has 1 aliphatic heterocycles. The van der Waals surface area contributed by atoms with Gasteiger partial charge in [0.1, 0.15) is 11.3 Å². The third-order valence-electron chi connectivity index (χ3n) is 6.79. The maximum atomic E-state index is 13.3. The van der Waals surface area contributed by atoms with Crippen LogP contribution in [-0.4, -0.2) is 43.0 Å². The first-order chi connectivity index (χ1) is 14.1. The molecule has 4 heteroatoms. The van der Waals surface area contributed by atoms with Crippen molar-refractivity contribution in [2.45, 2.75) is 51.0 Å². The van der Waals surface area contributed by atoms with Crippen LogP contribution in [0, 0.1) is 0 Å². The standard InChI is InChI=1S/C25H29NO3/c1-25(2)20-16-17(28-15-14-26-12-6-3-7-13-26)10-11-18(20)23(27)22-19-8-4-5-9-21(19)29-24(22)25/h4-5,8-11,17H,3,6-7,12-16H2,1-2H3. The molecule has 4 nitrogen and oxygen atoms in total. The molecule has 1 fully saturated rings. The monoisotopic (exact) mass is 391 g/mol. The predicted octanol–water partition coefficient (Wildman–Crippen LogP) is 5.03. The van der Waals surface area contributed by atoms with Crippen molar-refractivity contribution in [2.75, 3.05) is 26.2 Å². The fourth-order valence-electron chi connectivity index (χ4n) is 5.10. The first-order valence-corrected chi connectivity index (χ1v) is 10.9. The minimum atomic E-state index is -0.323. The van der Waals surface area contributed by atoms with Crippen molar-refractivity contribution in [1.29, 1.82) is 0 Å². The van der Waals surface area contributed by atoms with Crippen molar-refractivity contribution < 1.29 is 13.9 Å². The zero-order valence-electron chi connectivity index (χ0n) is 17.4. The number of carbonyl (C=O) groups excluding carboxylic acids is 1. The summed E-state index contributed by atoms with van der Waals surface area (Å²) in [4.78, 5) is 15.8. The van der Waals surface area contributed by atoms with Gasteiger partial charge in [0.2, 0.25) is 0 Å². The van der Waals surface area contributed by atoms with E-state index in [9.17, 15) is 4.79 Å². The van der Waals surface area contributed by atoms with Gasteiger partial charge in [0.05, 0.1) is 18.3 Å². The van der Waals surface area contributed by atoms with Gasteiger partial charge in [-0.15, -0.1) is 0 Å². The van der Waals surface area contributed by atoms with Crippen molar-refractivity contribution in [2.24, 2.45) is 0 Å². The van der Waals surface area contributed by atoms with Crippen molar-refractivity contribution in [1.82, 2.24) is 4.90 Å². The van der Waals surface area contributed by atoms with Crippen LogP contribution in [0.1, 0.15) is 55.6 Å². The molecule has 1 aromatic heterocycles. The van der Waals surface area contributed by atoms with E-state index >= 15 is 0 Å². The van der Waals surface area contributed by atoms with Gasteiger partial charge in [-0.3, -0.25) is 4.79 Å². The van der Waals surface area contributed by atoms with Crippen LogP contribution in [0.5, 0.6) is 0 Å². The maximum Gasteiger partial charge on any atom is 0.197 e. The number of likely N-dealkylation sites (tertiary alicyclic amines) is 1. The summed E-state index contributed by atoms with van der Waals surface area (Å²) in [6.45, 7) is 8.44. The Morgan fingerprint density at radius 3 is 2.79 bits per heavy atom. The van der Waals surface area contributed by atoms with E-state index in [1.54, 1.807) is 0 Å². The van der Waals surface area contributed by atoms with Crippen molar-refractivity contribution >= 4 is 16.8 Å². The molecule has 2 aromatic rings. The zero-order chi connectivity index (χ0) is 20.0. The highest BCUT2D eigenvalue weighted by Gasteiger charge is 2.44. The number of ketones is 1. The van der Waals surface area contributed by atoms with Gasteiger partial charge >= 0.3 is 0 Å². The first kappa shape index (κ1) is 18.8. The van der Waals surface area contributed by atoms with Crippen LogP contribution in [0.3, 0.4) is 0 Å². The van der Waals surface area contributed by atoms with Gasteiger partial charge in [0.15, 0.2) is 5.78 Å². The van der Waals surface area contributed by atoms with Gasteiger partial charge in [-0.1, -0.05) is 36.8 Å². The Morgan fingerprint density at radius 1 is 1.17 bits per heavy atom. The van der Waals surface area contributed by atoms with Gasteiger partial charge < -0.3 is 14.1 Å². The Balaban J connectivity index is 1.36. The molecule has 0 bridgehead atoms. The highest BCUT2D eigenvalue weighted by atomic mass is 16.5. The van der Waals surface area contributed by atoms with E-state index in [0.29, 0.717) is 0 Å². The van der Waals surface area contributed by atoms with Crippen LogP contribution in [0.25, 0.3) is 11.0 Å². The lowest BCUT2D eigenvalue weighted by atomic mass is 9.68. The number of allylic oxidation sites excluding steroid dienone is 2. The van der Waals surface area contributed by atoms with Crippen molar-refractivity contribution in [3.05, 3.63) is 58.9 Å². The average Bonchev–Trinajstić information content (AvgIpc) is 3.14. The molecule has 1 aromatic carbocycles. The summed E-state index contributed by atoms with van der Waals surface area (Å²) in [5, 5.41) is 0.917. The first-order valence-electron chi connectivity index (χ1n) is 10.9. The summed E-state index contributed by atoms with van der Waals surface area (Å²) in [5.74, 6) is 0.882. The average molecular weight is 392 g/mol. The second-order valence-electron chi connectivity index (χ2n) is 9.02. The number of Topliss-reactive ketones (excluding diaryl/α,β-unsaturated/α-hetero) is 1. The summed E-state index contributed by atoms with van der Waals surface area (Å²) in [6.07, 6.45) is 8.78. The fraction of sp³-hybridized carbons (Fsp3) is 0.480. The second kappa shape index (κ2) is 7.26. The Labute approximate surface area is 172 Å². The van der Waals surface area contributed by atoms with Crippen LogP contribution in [-0.2, 0) is 10.2 Å². The lowest BCUT2D eigenvalue weighted by Gasteiger charge is -2.36. The SMILES string of the molecule is CC1(C)C2=C(C=CC(OCCN3CCCCC3)C2)C(=O)c2c1oc1ccccc21. The largest absolute Gasteiger partial charge is 0.459 e. The number of hydrogen-bond acceptors (Lipinski definition) is 4. The van der Waals surface area contributed by atoms with Crippen LogP contribution in [0.15, 0.2) is 52.0 Å². The van der Waals surface area contributed by atoms with Crippen molar-refractivity contribution in [3.8, 4) is 0 Å². The van der Waals surface area contributed by atoms with Gasteiger partial charge in [0.25, 0.3) is 0 Å². The second-order valence-corrected chi connectivity index (χ2v) is 9.02. The van der Waals surface area contributed by atoms with E-state index in [1.807, 2.05) is 30.3 Å². The van der Waals surface area contributed by atoms with E-state index in [-0.39, 0.29) is 17.3 Å². The number of piperidine rings is 1. The molecular weight excluding hydrogens is 362 g/mol. The molecule has 2 heterocycles. The van der Waals surface area contributed by atoms with E-state index < -0.39 is 0 Å². The molecule has 29 heavy (non-hydrogen) atoms. The molecule has 152 valence electrons. The normalized spacial score (nSPS) is 24.1. The Hall–Kier alpha value is -2.17. The maximum absolute atomic E-state index is 13.3. The van der Waals surface area contributed by atoms with E-state index in [0.717, 1.165) is 53.0 Å². The van der Waals surface area contributed by atoms with E-state index in [2.05, 4.69) is 24.8 Å². The quantitative estimate of drug-likeness (QED) is 0.733. The summed E-state index contributed by atoms with van der Waals surface area (Å²) >= 11 is 0. The van der Waals surface area contributed by atoms with Gasteiger partial charge in [0, 0.05) is 29.3 Å².